The predicted octanol–water partition coefficient (Wildman–Crippen LogP) is 2.85. The van der Waals surface area contributed by atoms with Crippen molar-refractivity contribution >= 4 is 11.0 Å². The number of hydrogen-bond donors (Lipinski definition) is 2. The maximum absolute atomic E-state index is 13.2. The molecule has 2 N–H and O–H groups in total. The van der Waals surface area contributed by atoms with Gasteiger partial charge in [0, 0.05) is 23.3 Å². The van der Waals surface area contributed by atoms with Crippen molar-refractivity contribution in [3.05, 3.63) is 58.6 Å². The van der Waals surface area contributed by atoms with Crippen LogP contribution in [0, 0.1) is 11.6 Å². The summed E-state index contributed by atoms with van der Waals surface area (Å²) < 4.78 is 31.3. The number of hydrogen-bond acceptors (Lipinski definition) is 4. The number of rotatable bonds is 2. The second-order valence-electron chi connectivity index (χ2n) is 4.86. The molecule has 0 aliphatic rings. The van der Waals surface area contributed by atoms with Crippen molar-refractivity contribution in [1.29, 1.82) is 0 Å². The van der Waals surface area contributed by atoms with Crippen molar-refractivity contribution < 1.29 is 13.2 Å². The molecule has 0 radical (unpaired) electrons. The van der Waals surface area contributed by atoms with Gasteiger partial charge in [-0.15, -0.1) is 5.10 Å². The van der Waals surface area contributed by atoms with E-state index < -0.39 is 17.4 Å². The molecule has 0 spiro atoms. The van der Waals surface area contributed by atoms with Gasteiger partial charge in [-0.1, -0.05) is 12.1 Å². The SMILES string of the molecule is O=c1[nH]nc(-c2ccc(-c3nc4cc(F)c(F)cc4[nH]3)cc2)o1. The summed E-state index contributed by atoms with van der Waals surface area (Å²) >= 11 is 0. The number of nitrogens with one attached hydrogen (secondary N) is 2. The van der Waals surface area contributed by atoms with Gasteiger partial charge in [0.05, 0.1) is 11.0 Å². The van der Waals surface area contributed by atoms with Crippen molar-refractivity contribution in [2.75, 3.05) is 0 Å². The van der Waals surface area contributed by atoms with Gasteiger partial charge in [-0.2, -0.15) is 0 Å². The van der Waals surface area contributed by atoms with E-state index in [2.05, 4.69) is 20.2 Å². The Bertz CT molecular complexity index is 1020. The van der Waals surface area contributed by atoms with Crippen LogP contribution < -0.4 is 5.76 Å². The van der Waals surface area contributed by atoms with Gasteiger partial charge >= 0.3 is 5.76 Å². The molecule has 0 saturated heterocycles. The third-order valence-corrected chi connectivity index (χ3v) is 3.37. The fourth-order valence-corrected chi connectivity index (χ4v) is 2.27. The first-order chi connectivity index (χ1) is 11.1. The van der Waals surface area contributed by atoms with E-state index in [9.17, 15) is 13.6 Å². The largest absolute Gasteiger partial charge is 0.434 e. The van der Waals surface area contributed by atoms with E-state index in [1.807, 2.05) is 0 Å². The van der Waals surface area contributed by atoms with Crippen LogP contribution in [0.5, 0.6) is 0 Å². The minimum absolute atomic E-state index is 0.176. The summed E-state index contributed by atoms with van der Waals surface area (Å²) in [5.41, 5.74) is 2.06. The molecule has 0 unspecified atom stereocenters. The quantitative estimate of drug-likeness (QED) is 0.595. The van der Waals surface area contributed by atoms with Crippen LogP contribution in [0.2, 0.25) is 0 Å². The average Bonchev–Trinajstić information content (AvgIpc) is 3.14. The zero-order valence-corrected chi connectivity index (χ0v) is 11.4. The number of nitrogens with zero attached hydrogens (tertiary/aromatic N) is 2. The fourth-order valence-electron chi connectivity index (χ4n) is 2.27. The highest BCUT2D eigenvalue weighted by Crippen LogP contribution is 2.24. The standard InChI is InChI=1S/C15H8F2N4O2/c16-9-5-11-12(6-10(9)17)19-13(18-11)7-1-3-8(4-2-7)14-20-21-15(22)23-14/h1-6H,(H,18,19)(H,21,22). The molecule has 0 aliphatic heterocycles. The number of aromatic amines is 2. The average molecular weight is 314 g/mol. The van der Waals surface area contributed by atoms with Crippen LogP contribution in [0.15, 0.2) is 45.6 Å². The van der Waals surface area contributed by atoms with E-state index >= 15 is 0 Å². The van der Waals surface area contributed by atoms with Crippen molar-refractivity contribution in [2.24, 2.45) is 0 Å². The van der Waals surface area contributed by atoms with Gasteiger partial charge in [0.2, 0.25) is 5.89 Å². The Morgan fingerprint density at radius 2 is 1.70 bits per heavy atom. The summed E-state index contributed by atoms with van der Waals surface area (Å²) in [4.78, 5) is 18.1. The van der Waals surface area contributed by atoms with Crippen LogP contribution in [0.3, 0.4) is 0 Å². The number of imidazole rings is 1. The second kappa shape index (κ2) is 4.87. The molecular formula is C15H8F2N4O2. The Kier molecular flexibility index (Phi) is 2.83. The van der Waals surface area contributed by atoms with E-state index in [-0.39, 0.29) is 5.89 Å². The topological polar surface area (TPSA) is 87.6 Å². The lowest BCUT2D eigenvalue weighted by atomic mass is 10.1. The minimum Gasteiger partial charge on any atom is -0.388 e. The van der Waals surface area contributed by atoms with Gasteiger partial charge in [-0.25, -0.2) is 23.7 Å². The molecule has 4 aromatic rings. The van der Waals surface area contributed by atoms with Crippen LogP contribution in [-0.2, 0) is 0 Å². The first-order valence-electron chi connectivity index (χ1n) is 6.61. The van der Waals surface area contributed by atoms with Crippen LogP contribution in [0.25, 0.3) is 33.9 Å². The van der Waals surface area contributed by atoms with Gasteiger partial charge in [0.15, 0.2) is 11.6 Å². The van der Waals surface area contributed by atoms with E-state index in [0.717, 1.165) is 12.1 Å². The lowest BCUT2D eigenvalue weighted by molar-refractivity contribution is 0.510. The van der Waals surface area contributed by atoms with Crippen molar-refractivity contribution in [2.45, 2.75) is 0 Å². The summed E-state index contributed by atoms with van der Waals surface area (Å²) in [5.74, 6) is -1.86. The summed E-state index contributed by atoms with van der Waals surface area (Å²) in [7, 11) is 0. The highest BCUT2D eigenvalue weighted by Gasteiger charge is 2.11. The molecule has 8 heteroatoms. The molecule has 4 rings (SSSR count). The zero-order chi connectivity index (χ0) is 16.0. The van der Waals surface area contributed by atoms with E-state index in [4.69, 9.17) is 4.42 Å². The second-order valence-corrected chi connectivity index (χ2v) is 4.86. The van der Waals surface area contributed by atoms with Gasteiger partial charge in [0.25, 0.3) is 0 Å². The maximum Gasteiger partial charge on any atom is 0.434 e. The lowest BCUT2D eigenvalue weighted by Crippen LogP contribution is -1.93. The van der Waals surface area contributed by atoms with E-state index in [0.29, 0.717) is 28.0 Å². The fraction of sp³-hybridized carbons (Fsp3) is 0. The van der Waals surface area contributed by atoms with Crippen molar-refractivity contribution in [3.8, 4) is 22.8 Å². The third-order valence-electron chi connectivity index (χ3n) is 3.37. The zero-order valence-electron chi connectivity index (χ0n) is 11.4. The molecule has 0 atom stereocenters. The first kappa shape index (κ1) is 13.4. The summed E-state index contributed by atoms with van der Waals surface area (Å²) in [5, 5.41) is 5.91. The van der Waals surface area contributed by atoms with Crippen molar-refractivity contribution in [1.82, 2.24) is 20.2 Å². The molecule has 0 fully saturated rings. The Morgan fingerprint density at radius 1 is 1.00 bits per heavy atom. The molecule has 6 nitrogen and oxygen atoms in total. The molecule has 0 saturated carbocycles. The molecule has 0 bridgehead atoms. The van der Waals surface area contributed by atoms with E-state index in [1.165, 1.54) is 0 Å². The van der Waals surface area contributed by atoms with Gasteiger partial charge in [-0.3, -0.25) is 0 Å². The Hall–Kier alpha value is -3.29. The van der Waals surface area contributed by atoms with Crippen LogP contribution >= 0.6 is 0 Å². The predicted molar refractivity (Wildman–Crippen MR) is 77.6 cm³/mol. The Balaban J connectivity index is 1.74. The molecule has 0 amide bonds. The summed E-state index contributed by atoms with van der Waals surface area (Å²) in [6.07, 6.45) is 0. The summed E-state index contributed by atoms with van der Waals surface area (Å²) in [6.45, 7) is 0. The van der Waals surface area contributed by atoms with Gasteiger partial charge in [0.1, 0.15) is 5.82 Å². The minimum atomic E-state index is -0.945. The maximum atomic E-state index is 13.2. The number of fused-ring (bicyclic) bond motifs is 1. The molecule has 2 aromatic carbocycles. The molecule has 2 aromatic heterocycles. The monoisotopic (exact) mass is 314 g/mol. The van der Waals surface area contributed by atoms with Crippen molar-refractivity contribution in [3.63, 3.8) is 0 Å². The lowest BCUT2D eigenvalue weighted by Gasteiger charge is -1.98. The number of H-pyrrole nitrogens is 2. The third kappa shape index (κ3) is 2.30. The van der Waals surface area contributed by atoms with E-state index in [1.54, 1.807) is 24.3 Å². The van der Waals surface area contributed by atoms with Gasteiger partial charge in [-0.05, 0) is 12.1 Å². The number of halogens is 2. The van der Waals surface area contributed by atoms with Crippen LogP contribution in [0.4, 0.5) is 8.78 Å². The smallest absolute Gasteiger partial charge is 0.388 e. The number of benzene rings is 2. The molecule has 2 heterocycles. The van der Waals surface area contributed by atoms with Gasteiger partial charge < -0.3 is 9.40 Å². The van der Waals surface area contributed by atoms with Crippen LogP contribution in [0.1, 0.15) is 0 Å². The normalized spacial score (nSPS) is 11.2. The highest BCUT2D eigenvalue weighted by atomic mass is 19.2. The Labute approximate surface area is 126 Å². The molecule has 23 heavy (non-hydrogen) atoms. The molecule has 114 valence electrons. The number of aromatic nitrogens is 4. The highest BCUT2D eigenvalue weighted by molar-refractivity contribution is 5.79. The Morgan fingerprint density at radius 3 is 2.39 bits per heavy atom. The molecular weight excluding hydrogens is 306 g/mol. The summed E-state index contributed by atoms with van der Waals surface area (Å²) in [6, 6.07) is 8.96. The van der Waals surface area contributed by atoms with Crippen LogP contribution in [-0.4, -0.2) is 20.2 Å². The first-order valence-corrected chi connectivity index (χ1v) is 6.61. The molecule has 0 aliphatic carbocycles.